The van der Waals surface area contributed by atoms with E-state index >= 15 is 0 Å². The number of ether oxygens (including phenoxy) is 1. The van der Waals surface area contributed by atoms with Gasteiger partial charge in [-0.25, -0.2) is 4.79 Å². The molecule has 0 radical (unpaired) electrons. The number of carbonyl (C=O) groups excluding carboxylic acids is 2. The molecule has 0 atom stereocenters. The van der Waals surface area contributed by atoms with Crippen LogP contribution in [0.2, 0.25) is 0 Å². The van der Waals surface area contributed by atoms with Crippen LogP contribution in [0.5, 0.6) is 0 Å². The number of alkyl halides is 2. The van der Waals surface area contributed by atoms with Crippen molar-refractivity contribution in [1.82, 2.24) is 0 Å². The number of carbonyl (C=O) groups is 2. The molecule has 0 amide bonds. The summed E-state index contributed by atoms with van der Waals surface area (Å²) in [6.45, 7) is 2.58. The standard InChI is InChI=1S/C10H10F2O4/c1-3-15-9(14)10(11,12)8(13)7-6(2)4-5-16-7/h4-5H,3H2,1-2H3. The molecule has 0 fully saturated rings. The molecule has 1 aromatic heterocycles. The molecule has 0 aliphatic rings. The summed E-state index contributed by atoms with van der Waals surface area (Å²) in [6.07, 6.45) is 1.10. The SMILES string of the molecule is CCOC(=O)C(F)(F)C(=O)c1occc1C. The summed E-state index contributed by atoms with van der Waals surface area (Å²) in [7, 11) is 0. The van der Waals surface area contributed by atoms with Gasteiger partial charge in [-0.15, -0.1) is 0 Å². The highest BCUT2D eigenvalue weighted by molar-refractivity contribution is 6.13. The van der Waals surface area contributed by atoms with E-state index in [-0.39, 0.29) is 12.2 Å². The second kappa shape index (κ2) is 4.42. The molecule has 0 unspecified atom stereocenters. The molecule has 1 heterocycles. The fraction of sp³-hybridized carbons (Fsp3) is 0.400. The first-order valence-electron chi connectivity index (χ1n) is 4.55. The first-order valence-corrected chi connectivity index (χ1v) is 4.55. The second-order valence-corrected chi connectivity index (χ2v) is 3.06. The van der Waals surface area contributed by atoms with Crippen molar-refractivity contribution in [2.24, 2.45) is 0 Å². The first-order chi connectivity index (χ1) is 7.41. The van der Waals surface area contributed by atoms with Crippen LogP contribution in [0.1, 0.15) is 23.0 Å². The molecule has 88 valence electrons. The van der Waals surface area contributed by atoms with Crippen LogP contribution in [0.3, 0.4) is 0 Å². The summed E-state index contributed by atoms with van der Waals surface area (Å²) in [5.74, 6) is -8.29. The van der Waals surface area contributed by atoms with Crippen LogP contribution in [0, 0.1) is 6.92 Å². The maximum atomic E-state index is 13.3. The average molecular weight is 232 g/mol. The Hall–Kier alpha value is -1.72. The van der Waals surface area contributed by atoms with Crippen LogP contribution < -0.4 is 0 Å². The molecule has 6 heteroatoms. The lowest BCUT2D eigenvalue weighted by molar-refractivity contribution is -0.164. The van der Waals surface area contributed by atoms with Gasteiger partial charge in [-0.1, -0.05) is 0 Å². The summed E-state index contributed by atoms with van der Waals surface area (Å²) >= 11 is 0. The normalized spacial score (nSPS) is 11.2. The fourth-order valence-electron chi connectivity index (χ4n) is 1.06. The van der Waals surface area contributed by atoms with E-state index in [2.05, 4.69) is 9.15 Å². The zero-order valence-corrected chi connectivity index (χ0v) is 8.75. The van der Waals surface area contributed by atoms with Crippen molar-refractivity contribution in [1.29, 1.82) is 0 Å². The summed E-state index contributed by atoms with van der Waals surface area (Å²) in [5, 5.41) is 0. The van der Waals surface area contributed by atoms with Crippen LogP contribution in [0.15, 0.2) is 16.7 Å². The Morgan fingerprint density at radius 3 is 2.56 bits per heavy atom. The van der Waals surface area contributed by atoms with Crippen LogP contribution in [-0.4, -0.2) is 24.3 Å². The fourth-order valence-corrected chi connectivity index (χ4v) is 1.06. The Kier molecular flexibility index (Phi) is 3.41. The zero-order chi connectivity index (χ0) is 12.3. The predicted octanol–water partition coefficient (Wildman–Crippen LogP) is 1.97. The number of Topliss-reactive ketones (excluding diaryl/α,β-unsaturated/α-hetero) is 1. The van der Waals surface area contributed by atoms with Crippen molar-refractivity contribution < 1.29 is 27.5 Å². The van der Waals surface area contributed by atoms with E-state index in [4.69, 9.17) is 0 Å². The number of ketones is 1. The van der Waals surface area contributed by atoms with Gasteiger partial charge in [0, 0.05) is 0 Å². The van der Waals surface area contributed by atoms with Gasteiger partial charge in [-0.05, 0) is 25.5 Å². The lowest BCUT2D eigenvalue weighted by Gasteiger charge is -2.12. The molecule has 0 aliphatic heterocycles. The minimum atomic E-state index is -4.21. The molecular weight excluding hydrogens is 222 g/mol. The van der Waals surface area contributed by atoms with E-state index < -0.39 is 23.4 Å². The highest BCUT2D eigenvalue weighted by atomic mass is 19.3. The molecule has 4 nitrogen and oxygen atoms in total. The molecule has 0 N–H and O–H groups in total. The maximum absolute atomic E-state index is 13.3. The van der Waals surface area contributed by atoms with Gasteiger partial charge in [0.15, 0.2) is 5.76 Å². The van der Waals surface area contributed by atoms with E-state index in [1.165, 1.54) is 19.9 Å². The van der Waals surface area contributed by atoms with Gasteiger partial charge in [0.05, 0.1) is 12.9 Å². The minimum Gasteiger partial charge on any atom is -0.461 e. The number of aryl methyl sites for hydroxylation is 1. The van der Waals surface area contributed by atoms with Gasteiger partial charge in [-0.3, -0.25) is 4.79 Å². The number of hydrogen-bond acceptors (Lipinski definition) is 4. The Labute approximate surface area is 90.2 Å². The molecule has 16 heavy (non-hydrogen) atoms. The summed E-state index contributed by atoms with van der Waals surface area (Å²) in [5.41, 5.74) is 0.244. The third kappa shape index (κ3) is 2.10. The van der Waals surface area contributed by atoms with E-state index in [0.29, 0.717) is 0 Å². The maximum Gasteiger partial charge on any atom is 0.407 e. The van der Waals surface area contributed by atoms with Gasteiger partial charge >= 0.3 is 11.9 Å². The van der Waals surface area contributed by atoms with E-state index in [1.807, 2.05) is 0 Å². The van der Waals surface area contributed by atoms with Crippen LogP contribution >= 0.6 is 0 Å². The lowest BCUT2D eigenvalue weighted by atomic mass is 10.1. The van der Waals surface area contributed by atoms with Crippen molar-refractivity contribution in [3.63, 3.8) is 0 Å². The summed E-state index contributed by atoms with van der Waals surface area (Å²) in [6, 6.07) is 1.36. The Balaban J connectivity index is 2.97. The molecule has 0 saturated carbocycles. The smallest absolute Gasteiger partial charge is 0.407 e. The Morgan fingerprint density at radius 1 is 1.50 bits per heavy atom. The number of halogens is 2. The zero-order valence-electron chi connectivity index (χ0n) is 8.75. The Bertz CT molecular complexity index is 409. The number of furan rings is 1. The monoisotopic (exact) mass is 232 g/mol. The third-order valence-electron chi connectivity index (χ3n) is 1.89. The van der Waals surface area contributed by atoms with E-state index in [0.717, 1.165) is 6.26 Å². The van der Waals surface area contributed by atoms with Gasteiger partial charge in [0.25, 0.3) is 5.78 Å². The molecule has 0 spiro atoms. The molecule has 0 aromatic carbocycles. The molecular formula is C10H10F2O4. The van der Waals surface area contributed by atoms with Crippen molar-refractivity contribution in [2.75, 3.05) is 6.61 Å². The minimum absolute atomic E-state index is 0.223. The van der Waals surface area contributed by atoms with Gasteiger partial charge in [-0.2, -0.15) is 8.78 Å². The topological polar surface area (TPSA) is 56.5 Å². The quantitative estimate of drug-likeness (QED) is 0.452. The van der Waals surface area contributed by atoms with Crippen molar-refractivity contribution in [3.05, 3.63) is 23.7 Å². The van der Waals surface area contributed by atoms with Crippen LogP contribution in [0.25, 0.3) is 0 Å². The summed E-state index contributed by atoms with van der Waals surface area (Å²) < 4.78 is 35.2. The predicted molar refractivity (Wildman–Crippen MR) is 49.4 cm³/mol. The highest BCUT2D eigenvalue weighted by Gasteiger charge is 2.51. The average Bonchev–Trinajstić information content (AvgIpc) is 2.63. The van der Waals surface area contributed by atoms with Gasteiger partial charge in [0.2, 0.25) is 0 Å². The number of hydrogen-bond donors (Lipinski definition) is 0. The first kappa shape index (κ1) is 12.4. The molecule has 1 aromatic rings. The third-order valence-corrected chi connectivity index (χ3v) is 1.89. The number of rotatable bonds is 4. The Morgan fingerprint density at radius 2 is 2.12 bits per heavy atom. The molecule has 1 rings (SSSR count). The van der Waals surface area contributed by atoms with E-state index in [9.17, 15) is 18.4 Å². The lowest BCUT2D eigenvalue weighted by Crippen LogP contribution is -2.39. The largest absolute Gasteiger partial charge is 0.461 e. The van der Waals surface area contributed by atoms with Crippen molar-refractivity contribution in [2.45, 2.75) is 19.8 Å². The molecule has 0 aliphatic carbocycles. The molecule has 0 saturated heterocycles. The van der Waals surface area contributed by atoms with Crippen LogP contribution in [0.4, 0.5) is 8.78 Å². The van der Waals surface area contributed by atoms with Gasteiger partial charge < -0.3 is 9.15 Å². The van der Waals surface area contributed by atoms with Crippen molar-refractivity contribution >= 4 is 11.8 Å². The van der Waals surface area contributed by atoms with E-state index in [1.54, 1.807) is 0 Å². The second-order valence-electron chi connectivity index (χ2n) is 3.06. The summed E-state index contributed by atoms with van der Waals surface area (Å²) in [4.78, 5) is 22.2. The van der Waals surface area contributed by atoms with Crippen LogP contribution in [-0.2, 0) is 9.53 Å². The van der Waals surface area contributed by atoms with Gasteiger partial charge in [0.1, 0.15) is 0 Å². The number of esters is 1. The molecule has 0 bridgehead atoms. The van der Waals surface area contributed by atoms with Crippen molar-refractivity contribution in [3.8, 4) is 0 Å². The highest BCUT2D eigenvalue weighted by Crippen LogP contribution is 2.24.